The summed E-state index contributed by atoms with van der Waals surface area (Å²) >= 11 is 1.75. The van der Waals surface area contributed by atoms with E-state index < -0.39 is 16.4 Å². The third kappa shape index (κ3) is 2.65. The molecule has 0 radical (unpaired) electrons. The Morgan fingerprint density at radius 1 is 0.917 bits per heavy atom. The summed E-state index contributed by atoms with van der Waals surface area (Å²) in [4.78, 5) is 0. The van der Waals surface area contributed by atoms with Crippen LogP contribution in [0.5, 0.6) is 0 Å². The van der Waals surface area contributed by atoms with Gasteiger partial charge in [-0.05, 0) is 24.0 Å². The second kappa shape index (κ2) is 6.66. The third-order valence-electron chi connectivity index (χ3n) is 5.22. The molecule has 0 bridgehead atoms. The van der Waals surface area contributed by atoms with Gasteiger partial charge in [-0.1, -0.05) is 73.5 Å². The number of fused-ring (bicyclic) bond motifs is 1. The zero-order valence-electron chi connectivity index (χ0n) is 13.5. The van der Waals surface area contributed by atoms with Gasteiger partial charge in [-0.15, -0.1) is 11.8 Å². The monoisotopic (exact) mass is 358 g/mol. The Hall–Kier alpha value is -1.10. The van der Waals surface area contributed by atoms with E-state index in [0.29, 0.717) is 5.25 Å². The standard InChI is InChI=1S/C20H22O2S2/c21-20(15-9-3-1-4-10-15,16-11-5-2-6-12-16)19-23-17-13-7-8-14-18(17)24(19)22/h1-6,9-12,17-19,21H,7-8,13-14H2. The van der Waals surface area contributed by atoms with E-state index in [1.807, 2.05) is 60.7 Å². The Balaban J connectivity index is 1.81. The minimum Gasteiger partial charge on any atom is -0.378 e. The van der Waals surface area contributed by atoms with Crippen molar-refractivity contribution >= 4 is 22.6 Å². The topological polar surface area (TPSA) is 37.3 Å². The second-order valence-electron chi connectivity index (χ2n) is 6.66. The van der Waals surface area contributed by atoms with Crippen LogP contribution in [0, 0.1) is 0 Å². The van der Waals surface area contributed by atoms with Crippen molar-refractivity contribution in [3.8, 4) is 0 Å². The van der Waals surface area contributed by atoms with E-state index >= 15 is 0 Å². The van der Waals surface area contributed by atoms with Gasteiger partial charge < -0.3 is 5.11 Å². The van der Waals surface area contributed by atoms with Gasteiger partial charge >= 0.3 is 0 Å². The first-order valence-corrected chi connectivity index (χ1v) is 10.8. The molecular formula is C20H22O2S2. The van der Waals surface area contributed by atoms with Crippen molar-refractivity contribution < 1.29 is 9.32 Å². The van der Waals surface area contributed by atoms with Crippen LogP contribution < -0.4 is 0 Å². The molecule has 1 aliphatic heterocycles. The van der Waals surface area contributed by atoms with E-state index in [9.17, 15) is 9.32 Å². The summed E-state index contributed by atoms with van der Waals surface area (Å²) in [6.45, 7) is 0. The summed E-state index contributed by atoms with van der Waals surface area (Å²) < 4.78 is 13.0. The molecular weight excluding hydrogens is 336 g/mol. The summed E-state index contributed by atoms with van der Waals surface area (Å²) in [6.07, 6.45) is 4.53. The van der Waals surface area contributed by atoms with Crippen molar-refractivity contribution in [2.75, 3.05) is 0 Å². The number of aliphatic hydroxyl groups is 1. The Bertz CT molecular complexity index is 677. The van der Waals surface area contributed by atoms with Crippen molar-refractivity contribution in [2.45, 2.75) is 46.4 Å². The highest BCUT2D eigenvalue weighted by Crippen LogP contribution is 2.51. The lowest BCUT2D eigenvalue weighted by Crippen LogP contribution is -2.40. The molecule has 1 aliphatic carbocycles. The molecule has 4 atom stereocenters. The van der Waals surface area contributed by atoms with E-state index in [2.05, 4.69) is 0 Å². The van der Waals surface area contributed by atoms with E-state index in [4.69, 9.17) is 0 Å². The Labute approximate surface area is 150 Å². The average Bonchev–Trinajstić information content (AvgIpc) is 3.00. The molecule has 2 aliphatic rings. The van der Waals surface area contributed by atoms with Crippen molar-refractivity contribution in [1.29, 1.82) is 0 Å². The molecule has 4 unspecified atom stereocenters. The van der Waals surface area contributed by atoms with Gasteiger partial charge in [0.25, 0.3) is 0 Å². The average molecular weight is 359 g/mol. The molecule has 126 valence electrons. The van der Waals surface area contributed by atoms with Gasteiger partial charge in [0.2, 0.25) is 0 Å². The van der Waals surface area contributed by atoms with Crippen LogP contribution in [0.15, 0.2) is 60.7 Å². The van der Waals surface area contributed by atoms with Crippen LogP contribution in [0.3, 0.4) is 0 Å². The highest BCUT2D eigenvalue weighted by molar-refractivity contribution is 8.15. The molecule has 2 aromatic carbocycles. The van der Waals surface area contributed by atoms with Crippen molar-refractivity contribution in [3.63, 3.8) is 0 Å². The number of hydrogen-bond acceptors (Lipinski definition) is 3. The fourth-order valence-corrected chi connectivity index (χ4v) is 8.92. The van der Waals surface area contributed by atoms with E-state index in [1.54, 1.807) is 11.8 Å². The summed E-state index contributed by atoms with van der Waals surface area (Å²) in [5, 5.41) is 12.5. The fraction of sp³-hybridized carbons (Fsp3) is 0.400. The maximum atomic E-state index is 13.3. The second-order valence-corrected chi connectivity index (χ2v) is 10.0. The first kappa shape index (κ1) is 16.4. The highest BCUT2D eigenvalue weighted by atomic mass is 32.2. The van der Waals surface area contributed by atoms with Crippen molar-refractivity contribution in [3.05, 3.63) is 71.8 Å². The third-order valence-corrected chi connectivity index (χ3v) is 9.72. The Kier molecular flexibility index (Phi) is 4.54. The molecule has 1 saturated heterocycles. The van der Waals surface area contributed by atoms with Gasteiger partial charge in [0, 0.05) is 21.3 Å². The molecule has 2 nitrogen and oxygen atoms in total. The Morgan fingerprint density at radius 2 is 1.46 bits per heavy atom. The van der Waals surface area contributed by atoms with E-state index in [-0.39, 0.29) is 9.83 Å². The molecule has 0 amide bonds. The first-order valence-electron chi connectivity index (χ1n) is 8.59. The molecule has 1 heterocycles. The van der Waals surface area contributed by atoms with Gasteiger partial charge in [-0.2, -0.15) is 0 Å². The first-order chi connectivity index (χ1) is 11.7. The zero-order valence-corrected chi connectivity index (χ0v) is 15.1. The highest BCUT2D eigenvalue weighted by Gasteiger charge is 2.53. The lowest BCUT2D eigenvalue weighted by molar-refractivity contribution is 0.0984. The summed E-state index contributed by atoms with van der Waals surface area (Å²) in [5.74, 6) is 0. The lowest BCUT2D eigenvalue weighted by atomic mass is 9.88. The minimum atomic E-state index is -1.21. The van der Waals surface area contributed by atoms with Crippen LogP contribution in [0.25, 0.3) is 0 Å². The van der Waals surface area contributed by atoms with Crippen LogP contribution in [0.1, 0.15) is 36.8 Å². The zero-order chi connectivity index (χ0) is 16.6. The van der Waals surface area contributed by atoms with Gasteiger partial charge in [0.05, 0.1) is 0 Å². The predicted octanol–water partition coefficient (Wildman–Crippen LogP) is 4.06. The Morgan fingerprint density at radius 3 is 2.00 bits per heavy atom. The molecule has 0 spiro atoms. The predicted molar refractivity (Wildman–Crippen MR) is 101 cm³/mol. The molecule has 4 heteroatoms. The fourth-order valence-electron chi connectivity index (χ4n) is 3.95. The maximum absolute atomic E-state index is 13.3. The SMILES string of the molecule is O=S1C2CCCCC2SC1C(O)(c1ccccc1)c1ccccc1. The van der Waals surface area contributed by atoms with Crippen LogP contribution in [0.4, 0.5) is 0 Å². The quantitative estimate of drug-likeness (QED) is 0.899. The van der Waals surface area contributed by atoms with Crippen LogP contribution in [-0.2, 0) is 16.4 Å². The van der Waals surface area contributed by atoms with Crippen LogP contribution >= 0.6 is 11.8 Å². The molecule has 2 aromatic rings. The lowest BCUT2D eigenvalue weighted by Gasteiger charge is -2.34. The smallest absolute Gasteiger partial charge is 0.138 e. The molecule has 1 N–H and O–H groups in total. The van der Waals surface area contributed by atoms with Crippen LogP contribution in [-0.4, -0.2) is 24.4 Å². The number of benzene rings is 2. The minimum absolute atomic E-state index is 0.229. The van der Waals surface area contributed by atoms with Gasteiger partial charge in [0.1, 0.15) is 10.2 Å². The van der Waals surface area contributed by atoms with E-state index in [1.165, 1.54) is 6.42 Å². The molecule has 1 saturated carbocycles. The number of thioether (sulfide) groups is 1. The van der Waals surface area contributed by atoms with Crippen molar-refractivity contribution in [1.82, 2.24) is 0 Å². The van der Waals surface area contributed by atoms with Crippen molar-refractivity contribution in [2.24, 2.45) is 0 Å². The largest absolute Gasteiger partial charge is 0.378 e. The normalized spacial score (nSPS) is 30.0. The molecule has 2 fully saturated rings. The van der Waals surface area contributed by atoms with Gasteiger partial charge in [-0.3, -0.25) is 4.21 Å². The van der Waals surface area contributed by atoms with Crippen LogP contribution in [0.2, 0.25) is 0 Å². The number of rotatable bonds is 3. The van der Waals surface area contributed by atoms with E-state index in [0.717, 1.165) is 30.4 Å². The van der Waals surface area contributed by atoms with Gasteiger partial charge in [-0.25, -0.2) is 0 Å². The molecule has 4 rings (SSSR count). The number of hydrogen-bond donors (Lipinski definition) is 1. The molecule has 24 heavy (non-hydrogen) atoms. The summed E-state index contributed by atoms with van der Waals surface area (Å²) in [6, 6.07) is 19.5. The maximum Gasteiger partial charge on any atom is 0.138 e. The molecule has 0 aromatic heterocycles. The summed E-state index contributed by atoms with van der Waals surface area (Å²) in [5.41, 5.74) is 0.455. The summed E-state index contributed by atoms with van der Waals surface area (Å²) in [7, 11) is -1.03. The van der Waals surface area contributed by atoms with Gasteiger partial charge in [0.15, 0.2) is 0 Å².